The summed E-state index contributed by atoms with van der Waals surface area (Å²) in [5.41, 5.74) is 3.45. The van der Waals surface area contributed by atoms with E-state index in [1.54, 1.807) is 7.11 Å². The summed E-state index contributed by atoms with van der Waals surface area (Å²) in [6, 6.07) is 18.2. The van der Waals surface area contributed by atoms with Crippen LogP contribution >= 0.6 is 0 Å². The Bertz CT molecular complexity index is 879. The number of methoxy groups -OCH3 is 1. The highest BCUT2D eigenvalue weighted by Gasteiger charge is 2.04. The van der Waals surface area contributed by atoms with Crippen molar-refractivity contribution in [3.05, 3.63) is 71.5 Å². The van der Waals surface area contributed by atoms with E-state index in [4.69, 9.17) is 4.74 Å². The molecule has 134 valence electrons. The fraction of sp³-hybridized carbons (Fsp3) is 0.238. The molecule has 0 aliphatic rings. The van der Waals surface area contributed by atoms with Gasteiger partial charge in [-0.05, 0) is 49.6 Å². The van der Waals surface area contributed by atoms with Gasteiger partial charge in [0.25, 0.3) is 0 Å². The van der Waals surface area contributed by atoms with Crippen LogP contribution in [0.2, 0.25) is 0 Å². The number of rotatable bonds is 7. The molecule has 0 amide bonds. The zero-order chi connectivity index (χ0) is 18.4. The zero-order valence-corrected chi connectivity index (χ0v) is 15.4. The van der Waals surface area contributed by atoms with Gasteiger partial charge in [-0.25, -0.2) is 9.97 Å². The van der Waals surface area contributed by atoms with Crippen LogP contribution in [0.4, 0.5) is 17.3 Å². The minimum atomic E-state index is 0.729. The molecule has 3 rings (SSSR count). The minimum absolute atomic E-state index is 0.729. The van der Waals surface area contributed by atoms with Crippen molar-refractivity contribution in [2.75, 3.05) is 24.3 Å². The van der Waals surface area contributed by atoms with Crippen LogP contribution in [0.25, 0.3) is 0 Å². The van der Waals surface area contributed by atoms with Crippen LogP contribution in [0.15, 0.2) is 54.6 Å². The number of para-hydroxylation sites is 1. The molecule has 0 fully saturated rings. The molecule has 0 spiro atoms. The lowest BCUT2D eigenvalue weighted by Gasteiger charge is -2.12. The summed E-state index contributed by atoms with van der Waals surface area (Å²) < 4.78 is 5.27. The van der Waals surface area contributed by atoms with Gasteiger partial charge in [0, 0.05) is 18.3 Å². The van der Waals surface area contributed by atoms with Crippen LogP contribution in [0, 0.1) is 13.8 Å². The molecule has 3 aromatic rings. The van der Waals surface area contributed by atoms with Gasteiger partial charge in [0.1, 0.15) is 23.2 Å². The quantitative estimate of drug-likeness (QED) is 0.658. The van der Waals surface area contributed by atoms with E-state index in [-0.39, 0.29) is 0 Å². The Morgan fingerprint density at radius 1 is 0.923 bits per heavy atom. The first-order chi connectivity index (χ1) is 12.6. The lowest BCUT2D eigenvalue weighted by molar-refractivity contribution is 0.414. The van der Waals surface area contributed by atoms with E-state index in [0.29, 0.717) is 0 Å². The normalized spacial score (nSPS) is 10.4. The molecule has 0 aliphatic carbocycles. The molecule has 0 atom stereocenters. The number of aryl methyl sites for hydroxylation is 2. The molecule has 26 heavy (non-hydrogen) atoms. The summed E-state index contributed by atoms with van der Waals surface area (Å²) in [6.07, 6.45) is 0.890. The number of anilines is 3. The molecule has 1 aromatic heterocycles. The van der Waals surface area contributed by atoms with E-state index in [1.807, 2.05) is 43.3 Å². The van der Waals surface area contributed by atoms with Crippen LogP contribution in [0.5, 0.6) is 5.75 Å². The Morgan fingerprint density at radius 2 is 1.73 bits per heavy atom. The maximum Gasteiger partial charge on any atom is 0.136 e. The first kappa shape index (κ1) is 17.7. The molecule has 2 aromatic carbocycles. The van der Waals surface area contributed by atoms with Crippen molar-refractivity contribution in [3.8, 4) is 5.75 Å². The van der Waals surface area contributed by atoms with Crippen molar-refractivity contribution >= 4 is 17.3 Å². The van der Waals surface area contributed by atoms with Gasteiger partial charge in [0.15, 0.2) is 0 Å². The van der Waals surface area contributed by atoms with Gasteiger partial charge in [0.05, 0.1) is 7.11 Å². The van der Waals surface area contributed by atoms with E-state index in [1.165, 1.54) is 11.1 Å². The summed E-state index contributed by atoms with van der Waals surface area (Å²) in [5.74, 6) is 3.21. The molecule has 0 radical (unpaired) electrons. The summed E-state index contributed by atoms with van der Waals surface area (Å²) in [6.45, 7) is 4.76. The first-order valence-corrected chi connectivity index (χ1v) is 8.69. The molecule has 0 unspecified atom stereocenters. The van der Waals surface area contributed by atoms with Crippen LogP contribution in [-0.4, -0.2) is 23.6 Å². The van der Waals surface area contributed by atoms with Crippen molar-refractivity contribution in [3.63, 3.8) is 0 Å². The Hall–Kier alpha value is -3.08. The van der Waals surface area contributed by atoms with Crippen molar-refractivity contribution in [2.24, 2.45) is 0 Å². The van der Waals surface area contributed by atoms with Gasteiger partial charge >= 0.3 is 0 Å². The minimum Gasteiger partial charge on any atom is -0.497 e. The summed E-state index contributed by atoms with van der Waals surface area (Å²) in [5, 5.41) is 6.75. The van der Waals surface area contributed by atoms with Gasteiger partial charge in [-0.3, -0.25) is 0 Å². The van der Waals surface area contributed by atoms with Gasteiger partial charge in [-0.15, -0.1) is 0 Å². The van der Waals surface area contributed by atoms with Crippen molar-refractivity contribution < 1.29 is 4.74 Å². The third-order valence-corrected chi connectivity index (χ3v) is 4.10. The van der Waals surface area contributed by atoms with Gasteiger partial charge in [0.2, 0.25) is 0 Å². The fourth-order valence-electron chi connectivity index (χ4n) is 2.74. The first-order valence-electron chi connectivity index (χ1n) is 8.69. The van der Waals surface area contributed by atoms with E-state index in [9.17, 15) is 0 Å². The number of aromatic nitrogens is 2. The Balaban J connectivity index is 1.65. The van der Waals surface area contributed by atoms with E-state index in [2.05, 4.69) is 45.7 Å². The highest BCUT2D eigenvalue weighted by Crippen LogP contribution is 2.20. The molecule has 5 nitrogen and oxygen atoms in total. The second kappa shape index (κ2) is 8.34. The van der Waals surface area contributed by atoms with Crippen LogP contribution < -0.4 is 15.4 Å². The molecule has 0 saturated carbocycles. The average Bonchev–Trinajstić information content (AvgIpc) is 2.63. The maximum absolute atomic E-state index is 5.27. The molecule has 5 heteroatoms. The average molecular weight is 348 g/mol. The van der Waals surface area contributed by atoms with E-state index < -0.39 is 0 Å². The zero-order valence-electron chi connectivity index (χ0n) is 15.4. The Kier molecular flexibility index (Phi) is 5.69. The summed E-state index contributed by atoms with van der Waals surface area (Å²) in [7, 11) is 1.68. The van der Waals surface area contributed by atoms with Crippen LogP contribution in [0.3, 0.4) is 0 Å². The third-order valence-electron chi connectivity index (χ3n) is 4.10. The number of nitrogens with one attached hydrogen (secondary N) is 2. The number of ether oxygens (including phenoxy) is 1. The molecular weight excluding hydrogens is 324 g/mol. The lowest BCUT2D eigenvalue weighted by atomic mass is 10.1. The Labute approximate surface area is 154 Å². The van der Waals surface area contributed by atoms with E-state index >= 15 is 0 Å². The number of benzene rings is 2. The largest absolute Gasteiger partial charge is 0.497 e. The Morgan fingerprint density at radius 3 is 2.54 bits per heavy atom. The van der Waals surface area contributed by atoms with Gasteiger partial charge in [-0.1, -0.05) is 30.3 Å². The predicted octanol–water partition coefficient (Wildman–Crippen LogP) is 4.50. The SMILES string of the molecule is COc1cccc(CCNc2cc(Nc3ccccc3C)nc(C)n2)c1. The summed E-state index contributed by atoms with van der Waals surface area (Å²) in [4.78, 5) is 8.96. The predicted molar refractivity (Wildman–Crippen MR) is 106 cm³/mol. The molecule has 0 aliphatic heterocycles. The number of hydrogen-bond acceptors (Lipinski definition) is 5. The topological polar surface area (TPSA) is 59.1 Å². The fourth-order valence-corrected chi connectivity index (χ4v) is 2.74. The van der Waals surface area contributed by atoms with Crippen molar-refractivity contribution in [1.82, 2.24) is 9.97 Å². The highest BCUT2D eigenvalue weighted by atomic mass is 16.5. The van der Waals surface area contributed by atoms with Crippen LogP contribution in [-0.2, 0) is 6.42 Å². The second-order valence-electron chi connectivity index (χ2n) is 6.15. The molecular formula is C21H24N4O. The van der Waals surface area contributed by atoms with Gasteiger partial charge in [-0.2, -0.15) is 0 Å². The third kappa shape index (κ3) is 4.72. The molecule has 0 bridgehead atoms. The summed E-state index contributed by atoms with van der Waals surface area (Å²) >= 11 is 0. The molecule has 0 saturated heterocycles. The number of nitrogens with zero attached hydrogens (tertiary/aromatic N) is 2. The maximum atomic E-state index is 5.27. The number of hydrogen-bond donors (Lipinski definition) is 2. The van der Waals surface area contributed by atoms with Crippen LogP contribution in [0.1, 0.15) is 17.0 Å². The van der Waals surface area contributed by atoms with E-state index in [0.717, 1.165) is 41.9 Å². The highest BCUT2D eigenvalue weighted by molar-refractivity contribution is 5.62. The van der Waals surface area contributed by atoms with Crippen molar-refractivity contribution in [1.29, 1.82) is 0 Å². The van der Waals surface area contributed by atoms with Crippen molar-refractivity contribution in [2.45, 2.75) is 20.3 Å². The standard InChI is InChI=1S/C21H24N4O/c1-15-7-4-5-10-19(15)25-21-14-20(23-16(2)24-21)22-12-11-17-8-6-9-18(13-17)26-3/h4-10,13-14H,11-12H2,1-3H3,(H2,22,23,24,25). The smallest absolute Gasteiger partial charge is 0.136 e. The molecule has 1 heterocycles. The van der Waals surface area contributed by atoms with Gasteiger partial charge < -0.3 is 15.4 Å². The monoisotopic (exact) mass is 348 g/mol. The lowest BCUT2D eigenvalue weighted by Crippen LogP contribution is -2.08. The second-order valence-corrected chi connectivity index (χ2v) is 6.15. The molecule has 2 N–H and O–H groups in total.